The molecule has 0 bridgehead atoms. The predicted molar refractivity (Wildman–Crippen MR) is 130 cm³/mol. The SMILES string of the molecule is O=C(NCc1cc2cnccn2c1)[C@@H]1CCc2ncc(NCc3nnc(-c4ccccc4)o3)c(=O)n21. The molecule has 6 rings (SSSR count). The van der Waals surface area contributed by atoms with Crippen LogP contribution in [0.2, 0.25) is 0 Å². The maximum Gasteiger partial charge on any atom is 0.277 e. The van der Waals surface area contributed by atoms with Crippen molar-refractivity contribution in [2.24, 2.45) is 0 Å². The molecule has 0 saturated carbocycles. The molecule has 1 aliphatic rings. The van der Waals surface area contributed by atoms with Crippen LogP contribution in [0.4, 0.5) is 5.69 Å². The molecular formula is C25H22N8O3. The van der Waals surface area contributed by atoms with Crippen LogP contribution in [0.5, 0.6) is 0 Å². The van der Waals surface area contributed by atoms with E-state index in [0.29, 0.717) is 37.0 Å². The monoisotopic (exact) mass is 482 g/mol. The van der Waals surface area contributed by atoms with E-state index in [0.717, 1.165) is 16.6 Å². The van der Waals surface area contributed by atoms with E-state index >= 15 is 0 Å². The molecule has 5 heterocycles. The minimum Gasteiger partial charge on any atom is -0.419 e. The molecular weight excluding hydrogens is 460 g/mol. The Bertz CT molecular complexity index is 1570. The fourth-order valence-corrected chi connectivity index (χ4v) is 4.39. The Labute approximate surface area is 204 Å². The van der Waals surface area contributed by atoms with Gasteiger partial charge in [0.15, 0.2) is 0 Å². The smallest absolute Gasteiger partial charge is 0.277 e. The van der Waals surface area contributed by atoms with Gasteiger partial charge in [0.2, 0.25) is 17.7 Å². The fourth-order valence-electron chi connectivity index (χ4n) is 4.39. The van der Waals surface area contributed by atoms with Crippen LogP contribution in [-0.4, -0.2) is 35.0 Å². The number of nitrogens with zero attached hydrogens (tertiary/aromatic N) is 6. The van der Waals surface area contributed by atoms with Gasteiger partial charge in [0.1, 0.15) is 17.6 Å². The number of rotatable bonds is 7. The zero-order valence-corrected chi connectivity index (χ0v) is 19.2. The highest BCUT2D eigenvalue weighted by atomic mass is 16.4. The minimum absolute atomic E-state index is 0.157. The molecule has 4 aromatic heterocycles. The first-order chi connectivity index (χ1) is 17.7. The topological polar surface area (TPSA) is 132 Å². The summed E-state index contributed by atoms with van der Waals surface area (Å²) >= 11 is 0. The van der Waals surface area contributed by atoms with E-state index in [2.05, 4.69) is 30.8 Å². The first-order valence-corrected chi connectivity index (χ1v) is 11.6. The molecule has 0 spiro atoms. The molecule has 0 fully saturated rings. The molecule has 1 amide bonds. The van der Waals surface area contributed by atoms with Gasteiger partial charge in [0.05, 0.1) is 24.5 Å². The van der Waals surface area contributed by atoms with Gasteiger partial charge in [-0.2, -0.15) is 0 Å². The molecule has 36 heavy (non-hydrogen) atoms. The lowest BCUT2D eigenvalue weighted by molar-refractivity contribution is -0.124. The van der Waals surface area contributed by atoms with Crippen molar-refractivity contribution in [1.82, 2.24) is 34.4 Å². The summed E-state index contributed by atoms with van der Waals surface area (Å²) in [7, 11) is 0. The Hall–Kier alpha value is -4.80. The highest BCUT2D eigenvalue weighted by Crippen LogP contribution is 2.24. The summed E-state index contributed by atoms with van der Waals surface area (Å²) in [5.41, 5.74) is 2.67. The zero-order valence-electron chi connectivity index (χ0n) is 19.2. The number of aryl methyl sites for hydroxylation is 1. The molecule has 5 aromatic rings. The normalized spacial score (nSPS) is 14.6. The number of amides is 1. The summed E-state index contributed by atoms with van der Waals surface area (Å²) < 4.78 is 9.11. The van der Waals surface area contributed by atoms with Gasteiger partial charge in [0.25, 0.3) is 5.56 Å². The van der Waals surface area contributed by atoms with Gasteiger partial charge in [-0.3, -0.25) is 19.1 Å². The maximum absolute atomic E-state index is 13.2. The molecule has 11 heteroatoms. The highest BCUT2D eigenvalue weighted by Gasteiger charge is 2.31. The number of hydrogen-bond donors (Lipinski definition) is 2. The van der Waals surface area contributed by atoms with Crippen molar-refractivity contribution in [3.8, 4) is 11.5 Å². The maximum atomic E-state index is 13.2. The number of nitrogens with one attached hydrogen (secondary N) is 2. The average molecular weight is 483 g/mol. The number of carbonyl (C=O) groups is 1. The van der Waals surface area contributed by atoms with Crippen molar-refractivity contribution >= 4 is 17.1 Å². The van der Waals surface area contributed by atoms with Crippen molar-refractivity contribution in [3.63, 3.8) is 0 Å². The van der Waals surface area contributed by atoms with E-state index in [9.17, 15) is 9.59 Å². The van der Waals surface area contributed by atoms with Crippen LogP contribution in [0.15, 0.2) is 76.6 Å². The molecule has 0 saturated heterocycles. The molecule has 1 aliphatic heterocycles. The number of anilines is 1. The van der Waals surface area contributed by atoms with Crippen molar-refractivity contribution < 1.29 is 9.21 Å². The molecule has 0 radical (unpaired) electrons. The molecule has 2 N–H and O–H groups in total. The first kappa shape index (κ1) is 21.7. The Morgan fingerprint density at radius 3 is 2.89 bits per heavy atom. The van der Waals surface area contributed by atoms with Gasteiger partial charge >= 0.3 is 0 Å². The molecule has 0 unspecified atom stereocenters. The van der Waals surface area contributed by atoms with Crippen LogP contribution in [-0.2, 0) is 24.3 Å². The van der Waals surface area contributed by atoms with Crippen molar-refractivity contribution in [1.29, 1.82) is 0 Å². The summed E-state index contributed by atoms with van der Waals surface area (Å²) in [6.07, 6.45) is 9.82. The Morgan fingerprint density at radius 2 is 2.03 bits per heavy atom. The zero-order chi connectivity index (χ0) is 24.5. The lowest BCUT2D eigenvalue weighted by Gasteiger charge is -2.15. The van der Waals surface area contributed by atoms with E-state index in [4.69, 9.17) is 4.42 Å². The number of hydrogen-bond acceptors (Lipinski definition) is 8. The number of carbonyl (C=O) groups excluding carboxylic acids is 1. The molecule has 11 nitrogen and oxygen atoms in total. The van der Waals surface area contributed by atoms with Crippen LogP contribution in [0.1, 0.15) is 29.7 Å². The second-order valence-electron chi connectivity index (χ2n) is 8.51. The fraction of sp³-hybridized carbons (Fsp3) is 0.200. The summed E-state index contributed by atoms with van der Waals surface area (Å²) in [5, 5.41) is 14.1. The lowest BCUT2D eigenvalue weighted by atomic mass is 10.2. The predicted octanol–water partition coefficient (Wildman–Crippen LogP) is 2.36. The van der Waals surface area contributed by atoms with Gasteiger partial charge in [-0.1, -0.05) is 18.2 Å². The Morgan fingerprint density at radius 1 is 1.14 bits per heavy atom. The standard InChI is InChI=1S/C25H22N8O3/c34-23(29-11-16-10-18-12-26-8-9-32(18)15-16)20-6-7-21-28-13-19(25(35)33(20)21)27-14-22-30-31-24(36-22)17-4-2-1-3-5-17/h1-5,8-10,12-13,15,20,27H,6-7,11,14H2,(H,29,34)/t20-/m0/s1. The van der Waals surface area contributed by atoms with E-state index in [1.165, 1.54) is 10.8 Å². The Kier molecular flexibility index (Phi) is 5.49. The minimum atomic E-state index is -0.617. The number of fused-ring (bicyclic) bond motifs is 2. The first-order valence-electron chi connectivity index (χ1n) is 11.6. The third-order valence-corrected chi connectivity index (χ3v) is 6.17. The van der Waals surface area contributed by atoms with Crippen molar-refractivity contribution in [2.45, 2.75) is 32.0 Å². The number of benzene rings is 1. The second kappa shape index (κ2) is 9.10. The summed E-state index contributed by atoms with van der Waals surface area (Å²) in [6.45, 7) is 0.511. The van der Waals surface area contributed by atoms with Crippen LogP contribution < -0.4 is 16.2 Å². The van der Waals surface area contributed by atoms with Gasteiger partial charge in [-0.05, 0) is 30.2 Å². The summed E-state index contributed by atoms with van der Waals surface area (Å²) in [5.74, 6) is 1.12. The number of aromatic nitrogens is 6. The summed E-state index contributed by atoms with van der Waals surface area (Å²) in [4.78, 5) is 34.7. The second-order valence-corrected chi connectivity index (χ2v) is 8.51. The van der Waals surface area contributed by atoms with E-state index in [1.54, 1.807) is 12.4 Å². The van der Waals surface area contributed by atoms with Crippen molar-refractivity contribution in [2.75, 3.05) is 5.32 Å². The molecule has 180 valence electrons. The Balaban J connectivity index is 1.14. The van der Waals surface area contributed by atoms with E-state index in [1.807, 2.05) is 53.2 Å². The van der Waals surface area contributed by atoms with Gasteiger partial charge < -0.3 is 19.5 Å². The van der Waals surface area contributed by atoms with Crippen LogP contribution in [0.3, 0.4) is 0 Å². The molecule has 0 aliphatic carbocycles. The third kappa shape index (κ3) is 4.11. The molecule has 1 aromatic carbocycles. The third-order valence-electron chi connectivity index (χ3n) is 6.17. The van der Waals surface area contributed by atoms with Gasteiger partial charge in [0, 0.05) is 37.1 Å². The molecule has 1 atom stereocenters. The van der Waals surface area contributed by atoms with E-state index < -0.39 is 6.04 Å². The highest BCUT2D eigenvalue weighted by molar-refractivity contribution is 5.81. The van der Waals surface area contributed by atoms with Crippen molar-refractivity contribution in [3.05, 3.63) is 95.0 Å². The van der Waals surface area contributed by atoms with Gasteiger partial charge in [-0.25, -0.2) is 4.98 Å². The van der Waals surface area contributed by atoms with E-state index in [-0.39, 0.29) is 23.7 Å². The largest absolute Gasteiger partial charge is 0.419 e. The quantitative estimate of drug-likeness (QED) is 0.361. The van der Waals surface area contributed by atoms with Crippen LogP contribution in [0.25, 0.3) is 17.0 Å². The lowest BCUT2D eigenvalue weighted by Crippen LogP contribution is -2.36. The van der Waals surface area contributed by atoms with Gasteiger partial charge in [-0.15, -0.1) is 10.2 Å². The van der Waals surface area contributed by atoms with Crippen LogP contribution in [0, 0.1) is 0 Å². The average Bonchev–Trinajstić information content (AvgIpc) is 3.65. The van der Waals surface area contributed by atoms with Crippen LogP contribution >= 0.6 is 0 Å². The summed E-state index contributed by atoms with van der Waals surface area (Å²) in [6, 6.07) is 10.8.